The number of anilines is 4. The molecule has 3 heterocycles. The van der Waals surface area contributed by atoms with Gasteiger partial charge >= 0.3 is 0 Å². The van der Waals surface area contributed by atoms with Gasteiger partial charge in [-0.25, -0.2) is 4.98 Å². The van der Waals surface area contributed by atoms with Crippen LogP contribution in [0.25, 0.3) is 61.0 Å². The summed E-state index contributed by atoms with van der Waals surface area (Å²) in [6, 6.07) is 3.90. The molecule has 0 bridgehead atoms. The van der Waals surface area contributed by atoms with Gasteiger partial charge in [0.15, 0.2) is 0 Å². The fraction of sp³-hybridized carbons (Fsp3) is 0.143. The fourth-order valence-electron chi connectivity index (χ4n) is 7.77. The standard InChI is InChI=1S/C63H53N4O.Pt/c1-41(2)47-28-32-52(43(4)37-47)44-22-24-45(25-23-44)53-17-13-18-54(46-26-29-48(30-27-46)63(5,6)7)62(53)66-40-65(58-20-10-11-21-59(58)66)49-14-12-15-50(38-49)68-51-31-33-56-55-16-8-9-19-57(55)67(60(56)39-51)61-36-42(3)34-35-64-61;/h8-37,40-41H,1-7H3;/q-3;/i3D3,4D3,5D3,6D3,7D3,8D,9D,13D,16D,17D,18D,19D,22D,23D,24D,25D,26D,27D,28D,29D,30D,32D,37D;. The smallest absolute Gasteiger partial charge is 0.135 e. The van der Waals surface area contributed by atoms with Gasteiger partial charge in [0.2, 0.25) is 0 Å². The van der Waals surface area contributed by atoms with Gasteiger partial charge in [0.25, 0.3) is 0 Å². The maximum Gasteiger partial charge on any atom is 0.135 e. The summed E-state index contributed by atoms with van der Waals surface area (Å²) in [6.45, 7) is -14.1. The Morgan fingerprint density at radius 2 is 1.38 bits per heavy atom. The number of para-hydroxylation sites is 4. The normalized spacial score (nSPS) is 20.2. The van der Waals surface area contributed by atoms with Crippen molar-refractivity contribution in [2.24, 2.45) is 0 Å². The van der Waals surface area contributed by atoms with Gasteiger partial charge in [-0.3, -0.25) is 0 Å². The molecule has 69 heavy (non-hydrogen) atoms. The van der Waals surface area contributed by atoms with Crippen molar-refractivity contribution in [3.05, 3.63) is 223 Å². The molecule has 5 nitrogen and oxygen atoms in total. The summed E-state index contributed by atoms with van der Waals surface area (Å²) in [4.78, 5) is 6.93. The van der Waals surface area contributed by atoms with E-state index in [9.17, 15) is 16.4 Å². The Labute approximate surface area is 467 Å². The average Bonchev–Trinajstić information content (AvgIpc) is 0.767. The maximum absolute atomic E-state index is 9.80. The van der Waals surface area contributed by atoms with E-state index in [-0.39, 0.29) is 88.4 Å². The third-order valence-corrected chi connectivity index (χ3v) is 11.0. The van der Waals surface area contributed by atoms with E-state index in [0.29, 0.717) is 0 Å². The van der Waals surface area contributed by atoms with Gasteiger partial charge in [-0.15, -0.1) is 48.1 Å². The molecule has 0 saturated heterocycles. The third-order valence-electron chi connectivity index (χ3n) is 11.0. The molecule has 0 fully saturated rings. The van der Waals surface area contributed by atoms with Crippen molar-refractivity contribution >= 4 is 44.6 Å². The van der Waals surface area contributed by atoms with E-state index in [2.05, 4.69) is 17.1 Å². The Kier molecular flexibility index (Phi) is 5.64. The van der Waals surface area contributed by atoms with E-state index >= 15 is 0 Å². The minimum atomic E-state index is -4.16. The van der Waals surface area contributed by atoms with Crippen molar-refractivity contribution in [1.29, 1.82) is 0 Å². The van der Waals surface area contributed by atoms with E-state index in [0.717, 1.165) is 4.90 Å². The van der Waals surface area contributed by atoms with Crippen molar-refractivity contribution in [1.82, 2.24) is 9.55 Å². The maximum atomic E-state index is 9.80. The zero-order chi connectivity index (χ0) is 74.8. The summed E-state index contributed by atoms with van der Waals surface area (Å²) in [7, 11) is 0. The average molecular weight is 1110 g/mol. The van der Waals surface area contributed by atoms with Crippen LogP contribution in [-0.2, 0) is 26.5 Å². The molecular formula is C63H53N4OPt-3. The summed E-state index contributed by atoms with van der Waals surface area (Å²) in [6.07, 6.45) is 1.23. The van der Waals surface area contributed by atoms with E-state index in [1.807, 2.05) is 0 Å². The molecule has 2 aromatic heterocycles. The number of rotatable bonds is 9. The number of hydrogen-bond donors (Lipinski definition) is 0. The second-order valence-corrected chi connectivity index (χ2v) is 15.8. The van der Waals surface area contributed by atoms with E-state index in [1.54, 1.807) is 6.07 Å². The number of hydrogen-bond acceptors (Lipinski definition) is 4. The Morgan fingerprint density at radius 1 is 0.667 bits per heavy atom. The predicted octanol–water partition coefficient (Wildman–Crippen LogP) is 17.0. The first-order chi connectivity index (χ1) is 46.7. The number of fused-ring (bicyclic) bond motifs is 4. The molecule has 8 aromatic carbocycles. The summed E-state index contributed by atoms with van der Waals surface area (Å²) >= 11 is 0. The van der Waals surface area contributed by atoms with Crippen LogP contribution in [0, 0.1) is 32.5 Å². The second kappa shape index (κ2) is 18.4. The van der Waals surface area contributed by atoms with Gasteiger partial charge in [0.1, 0.15) is 5.82 Å². The zero-order valence-corrected chi connectivity index (χ0v) is 38.4. The molecule has 0 spiro atoms. The van der Waals surface area contributed by atoms with Crippen molar-refractivity contribution in [2.45, 2.75) is 59.4 Å². The van der Waals surface area contributed by atoms with Crippen LogP contribution in [0.5, 0.6) is 11.5 Å². The van der Waals surface area contributed by atoms with Crippen LogP contribution in [0.1, 0.15) is 108 Å². The quantitative estimate of drug-likeness (QED) is 0.135. The number of benzene rings is 8. The first-order valence-corrected chi connectivity index (χ1v) is 20.8. The topological polar surface area (TPSA) is 33.5 Å². The molecule has 344 valence electrons. The zero-order valence-electron chi connectivity index (χ0n) is 69.1. The molecule has 0 radical (unpaired) electrons. The second-order valence-electron chi connectivity index (χ2n) is 15.8. The number of ether oxygens (including phenoxy) is 1. The number of aromatic nitrogens is 2. The SMILES string of the molecule is [2H]c1c([2H])c(-c2c([2H])c([2H])c(-c3c([2H])c([2H])c(C(C)C)c([2H])c3C([2H])([2H])[2H])c([2H])c2[2H])c(N2[CH-]N(c3[c-]c(Oc4[c-]c5c(cc4)c4c([2H])c([2H])c([2H])c([2H])c4n5-c4cc(C([2H])([2H])[2H])ccn4)ccc3)c3ccccc32)c(-c2c([2H])c([2H])c(C(C([2H])([2H])[2H])(C([2H])([2H])[2H])C([2H])([2H])[2H])c([2H])c2[2H])c1[2H].[Pt]. The van der Waals surface area contributed by atoms with E-state index in [4.69, 9.17) is 33.5 Å². The van der Waals surface area contributed by atoms with Crippen LogP contribution in [-0.4, -0.2) is 9.55 Å². The van der Waals surface area contributed by atoms with Gasteiger partial charge < -0.3 is 19.1 Å². The Bertz CT molecular complexity index is 5070. The molecule has 0 N–H and O–H groups in total. The van der Waals surface area contributed by atoms with Crippen molar-refractivity contribution in [2.75, 3.05) is 9.80 Å². The van der Waals surface area contributed by atoms with Crippen molar-refractivity contribution < 1.29 is 71.0 Å². The number of aryl methyl sites for hydroxylation is 1. The number of nitrogens with zero attached hydrogens (tertiary/aromatic N) is 4. The molecule has 11 rings (SSSR count). The van der Waals surface area contributed by atoms with Crippen LogP contribution < -0.4 is 14.5 Å². The molecule has 6 heteroatoms. The number of pyridine rings is 1. The van der Waals surface area contributed by atoms with Gasteiger partial charge in [0, 0.05) is 93.0 Å². The summed E-state index contributed by atoms with van der Waals surface area (Å²) in [5, 5.41) is 0.281. The molecule has 0 amide bonds. The fourth-order valence-corrected chi connectivity index (χ4v) is 7.77. The molecule has 0 saturated carbocycles. The van der Waals surface area contributed by atoms with Gasteiger partial charge in [-0.2, -0.15) is 12.1 Å². The van der Waals surface area contributed by atoms with Crippen LogP contribution in [0.3, 0.4) is 0 Å². The minimum Gasteiger partial charge on any atom is -0.509 e. The van der Waals surface area contributed by atoms with Crippen LogP contribution in [0.2, 0.25) is 0 Å². The first-order valence-electron chi connectivity index (χ1n) is 37.3. The van der Waals surface area contributed by atoms with Crippen LogP contribution in [0.15, 0.2) is 182 Å². The predicted molar refractivity (Wildman–Crippen MR) is 283 cm³/mol. The molecule has 1 aliphatic rings. The monoisotopic (exact) mass is 1110 g/mol. The van der Waals surface area contributed by atoms with E-state index < -0.39 is 205 Å². The first kappa shape index (κ1) is 21.2. The summed E-state index contributed by atoms with van der Waals surface area (Å²) in [5.74, 6) is -0.893. The summed E-state index contributed by atoms with van der Waals surface area (Å²) < 4.78 is 302. The molecule has 0 atom stereocenters. The Balaban J connectivity index is 0.0000112. The molecule has 0 aliphatic carbocycles. The molecule has 1 aliphatic heterocycles. The molecule has 10 aromatic rings. The largest absolute Gasteiger partial charge is 0.509 e. The Morgan fingerprint density at radius 3 is 2.10 bits per heavy atom. The van der Waals surface area contributed by atoms with E-state index in [1.165, 1.54) is 96.8 Å². The minimum absolute atomic E-state index is 0. The Hall–Kier alpha value is -7.20. The van der Waals surface area contributed by atoms with Gasteiger partial charge in [-0.05, 0) is 105 Å². The third kappa shape index (κ3) is 8.55. The summed E-state index contributed by atoms with van der Waals surface area (Å²) in [5.41, 5.74) is -13.0. The van der Waals surface area contributed by atoms with Crippen LogP contribution >= 0.6 is 0 Å². The van der Waals surface area contributed by atoms with Crippen molar-refractivity contribution in [3.8, 4) is 50.7 Å². The van der Waals surface area contributed by atoms with Gasteiger partial charge in [0.05, 0.1) is 24.7 Å². The van der Waals surface area contributed by atoms with Crippen molar-refractivity contribution in [3.63, 3.8) is 0 Å². The van der Waals surface area contributed by atoms with Crippen LogP contribution in [0.4, 0.5) is 22.7 Å². The molecule has 0 unspecified atom stereocenters. The van der Waals surface area contributed by atoms with Gasteiger partial charge in [-0.1, -0.05) is 155 Å². The molecular weight excluding hydrogens is 1020 g/mol.